The van der Waals surface area contributed by atoms with Crippen LogP contribution in [0.4, 0.5) is 13.2 Å². The lowest BCUT2D eigenvalue weighted by Gasteiger charge is -2.38. The largest absolute Gasteiger partial charge is 0.573 e. The Morgan fingerprint density at radius 3 is 2.62 bits per heavy atom. The number of aryl methyl sites for hydroxylation is 1. The van der Waals surface area contributed by atoms with Gasteiger partial charge >= 0.3 is 6.36 Å². The van der Waals surface area contributed by atoms with Crippen LogP contribution in [-0.4, -0.2) is 40.4 Å². The van der Waals surface area contributed by atoms with Gasteiger partial charge in [-0.05, 0) is 55.0 Å². The van der Waals surface area contributed by atoms with Crippen molar-refractivity contribution in [2.75, 3.05) is 6.61 Å². The standard InChI is InChI=1S/C25H20F3N3O3.CH2O2/c1-15-4-9-19-16(13-15)14-20(30-19)23(32)31-24(10-12-33-21-3-2-11-29-22(21)24)17-5-7-18(8-6-17)34-25(26,27)28;2-1-3/h2-9,11,13-14,30H,10,12H2,1H3,(H,31,32);1H,(H,2,3). The Morgan fingerprint density at radius 1 is 1.19 bits per heavy atom. The number of alkyl halides is 3. The van der Waals surface area contributed by atoms with E-state index in [9.17, 15) is 18.0 Å². The molecule has 1 aliphatic rings. The van der Waals surface area contributed by atoms with Crippen molar-refractivity contribution in [2.45, 2.75) is 25.2 Å². The molecular weight excluding hydrogens is 491 g/mol. The van der Waals surface area contributed by atoms with Gasteiger partial charge in [0.25, 0.3) is 12.4 Å². The lowest BCUT2D eigenvalue weighted by atomic mass is 9.81. The van der Waals surface area contributed by atoms with Gasteiger partial charge in [-0.15, -0.1) is 13.2 Å². The number of benzene rings is 2. The summed E-state index contributed by atoms with van der Waals surface area (Å²) in [6.45, 7) is 2.00. The molecule has 1 amide bonds. The van der Waals surface area contributed by atoms with E-state index in [2.05, 4.69) is 20.0 Å². The quantitative estimate of drug-likeness (QED) is 0.334. The number of rotatable bonds is 4. The van der Waals surface area contributed by atoms with E-state index in [1.54, 1.807) is 24.4 Å². The number of nitrogens with one attached hydrogen (secondary N) is 2. The molecule has 2 aromatic heterocycles. The molecule has 1 unspecified atom stereocenters. The number of nitrogens with zero attached hydrogens (tertiary/aromatic N) is 1. The number of fused-ring (bicyclic) bond motifs is 2. The average Bonchev–Trinajstić information content (AvgIpc) is 3.28. The van der Waals surface area contributed by atoms with Gasteiger partial charge in [0.1, 0.15) is 28.4 Å². The number of amides is 1. The van der Waals surface area contributed by atoms with Crippen LogP contribution in [0.15, 0.2) is 66.9 Å². The Hall–Kier alpha value is -4.54. The second-order valence-corrected chi connectivity index (χ2v) is 8.26. The van der Waals surface area contributed by atoms with Crippen LogP contribution in [0.1, 0.15) is 33.7 Å². The summed E-state index contributed by atoms with van der Waals surface area (Å²) < 4.78 is 47.6. The summed E-state index contributed by atoms with van der Waals surface area (Å²) in [5, 5.41) is 10.9. The molecule has 2 aromatic carbocycles. The summed E-state index contributed by atoms with van der Waals surface area (Å²) in [6, 6.07) is 16.5. The zero-order valence-corrected chi connectivity index (χ0v) is 19.5. The molecule has 0 saturated carbocycles. The van der Waals surface area contributed by atoms with Crippen molar-refractivity contribution in [3.8, 4) is 11.5 Å². The molecular formula is C26H22F3N3O5. The number of carboxylic acid groups (broad SMARTS) is 1. The molecule has 3 heterocycles. The lowest BCUT2D eigenvalue weighted by molar-refractivity contribution is -0.274. The molecule has 1 atom stereocenters. The van der Waals surface area contributed by atoms with Crippen LogP contribution in [0.2, 0.25) is 0 Å². The van der Waals surface area contributed by atoms with Crippen LogP contribution in [0, 0.1) is 6.92 Å². The number of hydrogen-bond donors (Lipinski definition) is 3. The minimum absolute atomic E-state index is 0.250. The molecule has 0 saturated heterocycles. The second-order valence-electron chi connectivity index (χ2n) is 8.26. The summed E-state index contributed by atoms with van der Waals surface area (Å²) in [7, 11) is 0. The summed E-state index contributed by atoms with van der Waals surface area (Å²) in [4.78, 5) is 29.4. The van der Waals surface area contributed by atoms with E-state index >= 15 is 0 Å². The fourth-order valence-electron chi connectivity index (χ4n) is 4.31. The topological polar surface area (TPSA) is 114 Å². The van der Waals surface area contributed by atoms with Crippen molar-refractivity contribution < 1.29 is 37.3 Å². The highest BCUT2D eigenvalue weighted by Crippen LogP contribution is 2.41. The fraction of sp³-hybridized carbons (Fsp3) is 0.192. The van der Waals surface area contributed by atoms with Gasteiger partial charge in [0.2, 0.25) is 0 Å². The van der Waals surface area contributed by atoms with Gasteiger partial charge in [-0.3, -0.25) is 14.6 Å². The molecule has 4 aromatic rings. The van der Waals surface area contributed by atoms with Crippen LogP contribution in [0.25, 0.3) is 10.9 Å². The van der Waals surface area contributed by atoms with E-state index in [0.29, 0.717) is 29.1 Å². The van der Waals surface area contributed by atoms with Gasteiger partial charge in [-0.2, -0.15) is 0 Å². The minimum atomic E-state index is -4.80. The summed E-state index contributed by atoms with van der Waals surface area (Å²) in [5.41, 5.74) is 2.18. The Balaban J connectivity index is 0.00000102. The maximum atomic E-state index is 13.4. The number of ether oxygens (including phenoxy) is 2. The van der Waals surface area contributed by atoms with Crippen molar-refractivity contribution in [1.82, 2.24) is 15.3 Å². The SMILES string of the molecule is Cc1ccc2[nH]c(C(=O)NC3(c4ccc(OC(F)(F)F)cc4)CCOc4cccnc43)cc2c1.O=CO. The molecule has 11 heteroatoms. The molecule has 0 aliphatic carbocycles. The lowest BCUT2D eigenvalue weighted by Crippen LogP contribution is -2.50. The molecule has 5 rings (SSSR count). The number of carbonyl (C=O) groups is 2. The Labute approximate surface area is 209 Å². The maximum absolute atomic E-state index is 13.4. The van der Waals surface area contributed by atoms with Crippen molar-refractivity contribution in [1.29, 1.82) is 0 Å². The van der Waals surface area contributed by atoms with Gasteiger partial charge in [0, 0.05) is 23.5 Å². The first-order chi connectivity index (χ1) is 17.6. The van der Waals surface area contributed by atoms with E-state index < -0.39 is 11.9 Å². The Bertz CT molecular complexity index is 1420. The molecule has 0 spiro atoms. The first-order valence-corrected chi connectivity index (χ1v) is 11.1. The first-order valence-electron chi connectivity index (χ1n) is 11.1. The summed E-state index contributed by atoms with van der Waals surface area (Å²) in [6.07, 6.45) is -2.88. The molecule has 0 radical (unpaired) electrons. The highest BCUT2D eigenvalue weighted by molar-refractivity contribution is 5.98. The maximum Gasteiger partial charge on any atom is 0.573 e. The highest BCUT2D eigenvalue weighted by atomic mass is 19.4. The van der Waals surface area contributed by atoms with Gasteiger partial charge in [-0.1, -0.05) is 23.8 Å². The van der Waals surface area contributed by atoms with Crippen LogP contribution in [0.5, 0.6) is 11.5 Å². The van der Waals surface area contributed by atoms with Crippen LogP contribution >= 0.6 is 0 Å². The predicted molar refractivity (Wildman–Crippen MR) is 127 cm³/mol. The van der Waals surface area contributed by atoms with Crippen molar-refractivity contribution >= 4 is 23.3 Å². The van der Waals surface area contributed by atoms with Crippen LogP contribution in [0.3, 0.4) is 0 Å². The number of halogens is 3. The smallest absolute Gasteiger partial charge is 0.491 e. The third-order valence-corrected chi connectivity index (χ3v) is 5.84. The van der Waals surface area contributed by atoms with Gasteiger partial charge in [-0.25, -0.2) is 0 Å². The zero-order chi connectivity index (χ0) is 26.6. The van der Waals surface area contributed by atoms with E-state index in [0.717, 1.165) is 16.5 Å². The second kappa shape index (κ2) is 10.2. The fourth-order valence-corrected chi connectivity index (χ4v) is 4.31. The normalized spacial score (nSPS) is 16.5. The van der Waals surface area contributed by atoms with Crippen molar-refractivity contribution in [3.05, 3.63) is 89.4 Å². The van der Waals surface area contributed by atoms with Crippen LogP contribution in [-0.2, 0) is 10.3 Å². The molecule has 1 aliphatic heterocycles. The van der Waals surface area contributed by atoms with E-state index in [-0.39, 0.29) is 24.7 Å². The third kappa shape index (κ3) is 5.50. The highest BCUT2D eigenvalue weighted by Gasteiger charge is 2.43. The molecule has 0 fully saturated rings. The number of hydrogen-bond acceptors (Lipinski definition) is 5. The van der Waals surface area contributed by atoms with Crippen molar-refractivity contribution in [3.63, 3.8) is 0 Å². The van der Waals surface area contributed by atoms with E-state index in [4.69, 9.17) is 14.6 Å². The van der Waals surface area contributed by atoms with E-state index in [1.165, 1.54) is 24.3 Å². The van der Waals surface area contributed by atoms with Gasteiger partial charge in [0.05, 0.1) is 6.61 Å². The number of aromatic amines is 1. The number of pyridine rings is 1. The Morgan fingerprint density at radius 2 is 1.92 bits per heavy atom. The van der Waals surface area contributed by atoms with Crippen LogP contribution < -0.4 is 14.8 Å². The number of aromatic nitrogens is 2. The monoisotopic (exact) mass is 513 g/mol. The minimum Gasteiger partial charge on any atom is -0.491 e. The molecule has 3 N–H and O–H groups in total. The zero-order valence-electron chi connectivity index (χ0n) is 19.5. The predicted octanol–water partition coefficient (Wildman–Crippen LogP) is 4.93. The molecule has 0 bridgehead atoms. The third-order valence-electron chi connectivity index (χ3n) is 5.84. The number of H-pyrrole nitrogens is 1. The molecule has 37 heavy (non-hydrogen) atoms. The summed E-state index contributed by atoms with van der Waals surface area (Å²) >= 11 is 0. The van der Waals surface area contributed by atoms with Gasteiger partial charge < -0.3 is 24.9 Å². The van der Waals surface area contributed by atoms with Gasteiger partial charge in [0.15, 0.2) is 0 Å². The van der Waals surface area contributed by atoms with E-state index in [1.807, 2.05) is 25.1 Å². The molecule has 192 valence electrons. The Kier molecular flexibility index (Phi) is 7.05. The average molecular weight is 513 g/mol. The number of carbonyl (C=O) groups excluding carboxylic acids is 1. The van der Waals surface area contributed by atoms with Crippen molar-refractivity contribution in [2.24, 2.45) is 0 Å². The molecule has 8 nitrogen and oxygen atoms in total. The first kappa shape index (κ1) is 25.5. The summed E-state index contributed by atoms with van der Waals surface area (Å²) in [5.74, 6) is -0.225.